The summed E-state index contributed by atoms with van der Waals surface area (Å²) < 4.78 is 17.3. The number of rotatable bonds is 4. The number of benzene rings is 1. The minimum Gasteiger partial charge on any atom is -0.493 e. The molecule has 2 atom stereocenters. The second kappa shape index (κ2) is 5.69. The third kappa shape index (κ3) is 2.73. The van der Waals surface area contributed by atoms with E-state index < -0.39 is 0 Å². The van der Waals surface area contributed by atoms with Gasteiger partial charge in [-0.25, -0.2) is 0 Å². The number of nitrogens with two attached hydrogens (primary N) is 1. The van der Waals surface area contributed by atoms with Crippen LogP contribution in [0, 0.1) is 0 Å². The quantitative estimate of drug-likeness (QED) is 0.922. The van der Waals surface area contributed by atoms with Gasteiger partial charge in [0.1, 0.15) is 0 Å². The second-order valence-electron chi connectivity index (χ2n) is 4.97. The van der Waals surface area contributed by atoms with Crippen LogP contribution in [0.2, 0.25) is 0 Å². The molecule has 0 spiro atoms. The van der Waals surface area contributed by atoms with Gasteiger partial charge in [-0.2, -0.15) is 0 Å². The lowest BCUT2D eigenvalue weighted by molar-refractivity contribution is -0.00195. The average molecular weight is 330 g/mol. The van der Waals surface area contributed by atoms with E-state index in [1.807, 2.05) is 12.1 Å². The molecule has 5 heteroatoms. The van der Waals surface area contributed by atoms with Crippen molar-refractivity contribution >= 4 is 15.9 Å². The summed E-state index contributed by atoms with van der Waals surface area (Å²) in [4.78, 5) is 0. The number of halogens is 1. The van der Waals surface area contributed by atoms with Crippen molar-refractivity contribution in [1.29, 1.82) is 0 Å². The molecule has 1 aromatic carbocycles. The van der Waals surface area contributed by atoms with Crippen LogP contribution in [0.5, 0.6) is 11.5 Å². The molecule has 0 bridgehead atoms. The van der Waals surface area contributed by atoms with Gasteiger partial charge in [-0.05, 0) is 37.5 Å². The third-order valence-electron chi connectivity index (χ3n) is 3.75. The Morgan fingerprint density at radius 3 is 2.47 bits per heavy atom. The summed E-state index contributed by atoms with van der Waals surface area (Å²) >= 11 is 3.55. The van der Waals surface area contributed by atoms with Crippen LogP contribution in [-0.2, 0) is 4.74 Å². The summed E-state index contributed by atoms with van der Waals surface area (Å²) in [5, 5.41) is 0. The van der Waals surface area contributed by atoms with E-state index in [1.54, 1.807) is 14.2 Å². The monoisotopic (exact) mass is 329 g/mol. The van der Waals surface area contributed by atoms with Crippen molar-refractivity contribution in [3.63, 3.8) is 0 Å². The number of methoxy groups -OCH3 is 2. The van der Waals surface area contributed by atoms with Gasteiger partial charge in [-0.1, -0.05) is 15.9 Å². The Kier molecular flexibility index (Phi) is 4.38. The molecule has 1 aliphatic rings. The molecule has 106 valence electrons. The maximum Gasteiger partial charge on any atom is 0.161 e. The molecule has 1 aromatic rings. The highest BCUT2D eigenvalue weighted by Crippen LogP contribution is 2.42. The van der Waals surface area contributed by atoms with Gasteiger partial charge in [0.15, 0.2) is 11.5 Å². The molecule has 0 radical (unpaired) electrons. The zero-order valence-electron chi connectivity index (χ0n) is 11.5. The number of hydrogen-bond donors (Lipinski definition) is 1. The lowest BCUT2D eigenvalue weighted by atomic mass is 9.88. The Bertz CT molecular complexity index is 458. The van der Waals surface area contributed by atoms with Gasteiger partial charge in [0.2, 0.25) is 0 Å². The molecule has 2 N–H and O–H groups in total. The maximum absolute atomic E-state index is 6.40. The molecule has 19 heavy (non-hydrogen) atoms. The molecule has 1 aliphatic heterocycles. The first-order valence-electron chi connectivity index (χ1n) is 6.33. The molecule has 0 aromatic heterocycles. The molecule has 2 unspecified atom stereocenters. The molecular formula is C14H20BrNO3. The van der Waals surface area contributed by atoms with Gasteiger partial charge in [0, 0.05) is 11.1 Å². The van der Waals surface area contributed by atoms with Crippen LogP contribution in [0.25, 0.3) is 0 Å². The van der Waals surface area contributed by atoms with E-state index in [0.717, 1.165) is 29.5 Å². The topological polar surface area (TPSA) is 53.7 Å². The standard InChI is InChI=1S/C14H20BrNO3/c1-14(5-4-6-19-14)13(16)9-7-11(17-2)12(18-3)8-10(9)15/h7-8,13H,4-6,16H2,1-3H3. The predicted octanol–water partition coefficient (Wildman–Crippen LogP) is 3.04. The summed E-state index contributed by atoms with van der Waals surface area (Å²) in [6.07, 6.45) is 2.02. The molecule has 1 saturated heterocycles. The maximum atomic E-state index is 6.40. The summed E-state index contributed by atoms with van der Waals surface area (Å²) in [6.45, 7) is 2.84. The van der Waals surface area contributed by atoms with Gasteiger partial charge >= 0.3 is 0 Å². The second-order valence-corrected chi connectivity index (χ2v) is 5.83. The number of ether oxygens (including phenoxy) is 3. The van der Waals surface area contributed by atoms with Crippen molar-refractivity contribution < 1.29 is 14.2 Å². The highest BCUT2D eigenvalue weighted by atomic mass is 79.9. The normalized spacial score (nSPS) is 24.3. The zero-order chi connectivity index (χ0) is 14.0. The molecule has 0 amide bonds. The minimum atomic E-state index is -0.317. The van der Waals surface area contributed by atoms with Crippen molar-refractivity contribution in [2.45, 2.75) is 31.4 Å². The molecule has 1 heterocycles. The summed E-state index contributed by atoms with van der Waals surface area (Å²) in [6, 6.07) is 3.59. The fourth-order valence-electron chi connectivity index (χ4n) is 2.48. The lowest BCUT2D eigenvalue weighted by Gasteiger charge is -2.31. The molecular weight excluding hydrogens is 310 g/mol. The fourth-order valence-corrected chi connectivity index (χ4v) is 3.05. The van der Waals surface area contributed by atoms with Gasteiger partial charge in [0.05, 0.1) is 25.9 Å². The average Bonchev–Trinajstić information content (AvgIpc) is 2.85. The molecule has 0 aliphatic carbocycles. The highest BCUT2D eigenvalue weighted by Gasteiger charge is 2.38. The van der Waals surface area contributed by atoms with Gasteiger partial charge < -0.3 is 19.9 Å². The first-order chi connectivity index (χ1) is 9.01. The van der Waals surface area contributed by atoms with Crippen LogP contribution >= 0.6 is 15.9 Å². The Morgan fingerprint density at radius 1 is 1.32 bits per heavy atom. The fraction of sp³-hybridized carbons (Fsp3) is 0.571. The molecule has 4 nitrogen and oxygen atoms in total. The highest BCUT2D eigenvalue weighted by molar-refractivity contribution is 9.10. The molecule has 2 rings (SSSR count). The largest absolute Gasteiger partial charge is 0.493 e. The van der Waals surface area contributed by atoms with Crippen LogP contribution < -0.4 is 15.2 Å². The zero-order valence-corrected chi connectivity index (χ0v) is 13.1. The van der Waals surface area contributed by atoms with E-state index in [1.165, 1.54) is 0 Å². The Morgan fingerprint density at radius 2 is 1.95 bits per heavy atom. The molecule has 1 fully saturated rings. The van der Waals surface area contributed by atoms with Gasteiger partial charge in [-0.3, -0.25) is 0 Å². The van der Waals surface area contributed by atoms with E-state index in [2.05, 4.69) is 22.9 Å². The summed E-state index contributed by atoms with van der Waals surface area (Å²) in [5.74, 6) is 1.36. The Labute approximate surface area is 122 Å². The Hall–Kier alpha value is -0.780. The van der Waals surface area contributed by atoms with Crippen LogP contribution in [0.1, 0.15) is 31.4 Å². The van der Waals surface area contributed by atoms with Crippen LogP contribution in [-0.4, -0.2) is 26.4 Å². The Balaban J connectivity index is 2.38. The third-order valence-corrected chi connectivity index (χ3v) is 4.43. The van der Waals surface area contributed by atoms with E-state index in [9.17, 15) is 0 Å². The number of hydrogen-bond acceptors (Lipinski definition) is 4. The van der Waals surface area contributed by atoms with Crippen LogP contribution in [0.3, 0.4) is 0 Å². The summed E-state index contributed by atoms with van der Waals surface area (Å²) in [7, 11) is 3.24. The smallest absolute Gasteiger partial charge is 0.161 e. The van der Waals surface area contributed by atoms with Crippen molar-refractivity contribution in [2.24, 2.45) is 5.73 Å². The lowest BCUT2D eigenvalue weighted by Crippen LogP contribution is -2.37. The van der Waals surface area contributed by atoms with E-state index in [4.69, 9.17) is 19.9 Å². The first-order valence-corrected chi connectivity index (χ1v) is 7.12. The van der Waals surface area contributed by atoms with Crippen LogP contribution in [0.15, 0.2) is 16.6 Å². The van der Waals surface area contributed by atoms with Gasteiger partial charge in [0.25, 0.3) is 0 Å². The van der Waals surface area contributed by atoms with Gasteiger partial charge in [-0.15, -0.1) is 0 Å². The SMILES string of the molecule is COc1cc(Br)c(C(N)C2(C)CCCO2)cc1OC. The van der Waals surface area contributed by atoms with Crippen molar-refractivity contribution in [2.75, 3.05) is 20.8 Å². The van der Waals surface area contributed by atoms with Crippen LogP contribution in [0.4, 0.5) is 0 Å². The predicted molar refractivity (Wildman–Crippen MR) is 77.8 cm³/mol. The van der Waals surface area contributed by atoms with E-state index >= 15 is 0 Å². The summed E-state index contributed by atoms with van der Waals surface area (Å²) in [5.41, 5.74) is 7.06. The van der Waals surface area contributed by atoms with Crippen molar-refractivity contribution in [1.82, 2.24) is 0 Å². The van der Waals surface area contributed by atoms with Crippen molar-refractivity contribution in [3.05, 3.63) is 22.2 Å². The first kappa shape index (κ1) is 14.6. The van der Waals surface area contributed by atoms with Crippen molar-refractivity contribution in [3.8, 4) is 11.5 Å². The van der Waals surface area contributed by atoms with E-state index in [0.29, 0.717) is 11.5 Å². The minimum absolute atomic E-state index is 0.204. The molecule has 0 saturated carbocycles. The van der Waals surface area contributed by atoms with E-state index in [-0.39, 0.29) is 11.6 Å².